The molecule has 1 amide bonds. The standard InChI is InChI=1S/C16H24N4O/c1-4-9-18-15-12-13(11-14(5-2)19-15)16(21)20(6-3)10-7-8-17/h11-12H,4-7,9-10H2,1-3H3,(H,18,19). The highest BCUT2D eigenvalue weighted by atomic mass is 16.2. The molecule has 0 aliphatic heterocycles. The van der Waals surface area contributed by atoms with Crippen molar-refractivity contribution >= 4 is 11.7 Å². The van der Waals surface area contributed by atoms with E-state index in [9.17, 15) is 4.79 Å². The average molecular weight is 288 g/mol. The number of hydrogen-bond donors (Lipinski definition) is 1. The molecule has 1 N–H and O–H groups in total. The van der Waals surface area contributed by atoms with Gasteiger partial charge in [-0.3, -0.25) is 4.79 Å². The molecule has 0 aromatic carbocycles. The molecule has 0 unspecified atom stereocenters. The summed E-state index contributed by atoms with van der Waals surface area (Å²) in [4.78, 5) is 18.7. The van der Waals surface area contributed by atoms with Crippen LogP contribution < -0.4 is 5.32 Å². The van der Waals surface area contributed by atoms with Crippen molar-refractivity contribution in [3.63, 3.8) is 0 Å². The smallest absolute Gasteiger partial charge is 0.254 e. The highest BCUT2D eigenvalue weighted by Crippen LogP contribution is 2.14. The largest absolute Gasteiger partial charge is 0.370 e. The van der Waals surface area contributed by atoms with Gasteiger partial charge in [-0.25, -0.2) is 4.98 Å². The zero-order chi connectivity index (χ0) is 15.7. The lowest BCUT2D eigenvalue weighted by atomic mass is 10.1. The van der Waals surface area contributed by atoms with Crippen LogP contribution in [0.15, 0.2) is 12.1 Å². The number of anilines is 1. The summed E-state index contributed by atoms with van der Waals surface area (Å²) < 4.78 is 0. The van der Waals surface area contributed by atoms with Crippen LogP contribution in [-0.2, 0) is 6.42 Å². The minimum absolute atomic E-state index is 0.0376. The highest BCUT2D eigenvalue weighted by molar-refractivity contribution is 5.95. The van der Waals surface area contributed by atoms with Crippen molar-refractivity contribution in [1.82, 2.24) is 9.88 Å². The fourth-order valence-corrected chi connectivity index (χ4v) is 2.01. The molecule has 0 saturated heterocycles. The number of amides is 1. The van der Waals surface area contributed by atoms with E-state index in [4.69, 9.17) is 5.26 Å². The number of aryl methyl sites for hydroxylation is 1. The number of carbonyl (C=O) groups excluding carboxylic acids is 1. The third-order valence-corrected chi connectivity index (χ3v) is 3.21. The lowest BCUT2D eigenvalue weighted by Gasteiger charge is -2.20. The van der Waals surface area contributed by atoms with Gasteiger partial charge >= 0.3 is 0 Å². The van der Waals surface area contributed by atoms with Gasteiger partial charge in [-0.1, -0.05) is 13.8 Å². The monoisotopic (exact) mass is 288 g/mol. The number of nitriles is 1. The van der Waals surface area contributed by atoms with Crippen molar-refractivity contribution in [3.05, 3.63) is 23.4 Å². The molecule has 0 spiro atoms. The molecule has 0 bridgehead atoms. The second kappa shape index (κ2) is 8.96. The molecule has 0 saturated carbocycles. The molecule has 5 heteroatoms. The van der Waals surface area contributed by atoms with E-state index < -0.39 is 0 Å². The van der Waals surface area contributed by atoms with Crippen LogP contribution in [0.1, 0.15) is 49.7 Å². The zero-order valence-electron chi connectivity index (χ0n) is 13.1. The Morgan fingerprint density at radius 3 is 2.71 bits per heavy atom. The third-order valence-electron chi connectivity index (χ3n) is 3.21. The first-order valence-corrected chi connectivity index (χ1v) is 7.57. The van der Waals surface area contributed by atoms with E-state index in [1.54, 1.807) is 11.0 Å². The van der Waals surface area contributed by atoms with E-state index in [0.717, 1.165) is 30.9 Å². The molecule has 114 valence electrons. The number of nitrogens with zero attached hydrogens (tertiary/aromatic N) is 3. The summed E-state index contributed by atoms with van der Waals surface area (Å²) in [6.07, 6.45) is 2.14. The molecule has 0 aliphatic rings. The fraction of sp³-hybridized carbons (Fsp3) is 0.562. The molecule has 5 nitrogen and oxygen atoms in total. The molecule has 1 heterocycles. The Bertz CT molecular complexity index is 507. The van der Waals surface area contributed by atoms with Crippen LogP contribution in [0.3, 0.4) is 0 Å². The van der Waals surface area contributed by atoms with Crippen LogP contribution in [0.25, 0.3) is 0 Å². The lowest BCUT2D eigenvalue weighted by Crippen LogP contribution is -2.31. The minimum Gasteiger partial charge on any atom is -0.370 e. The van der Waals surface area contributed by atoms with Crippen molar-refractivity contribution in [3.8, 4) is 6.07 Å². The third kappa shape index (κ3) is 5.07. The van der Waals surface area contributed by atoms with Crippen molar-refractivity contribution in [2.75, 3.05) is 25.0 Å². The number of hydrogen-bond acceptors (Lipinski definition) is 4. The van der Waals surface area contributed by atoms with Crippen molar-refractivity contribution in [1.29, 1.82) is 5.26 Å². The average Bonchev–Trinajstić information content (AvgIpc) is 2.52. The van der Waals surface area contributed by atoms with Gasteiger partial charge in [0.2, 0.25) is 0 Å². The van der Waals surface area contributed by atoms with Gasteiger partial charge in [-0.05, 0) is 31.9 Å². The van der Waals surface area contributed by atoms with E-state index in [1.165, 1.54) is 0 Å². The Hall–Kier alpha value is -2.09. The van der Waals surface area contributed by atoms with Crippen LogP contribution in [0, 0.1) is 11.3 Å². The van der Waals surface area contributed by atoms with Crippen LogP contribution >= 0.6 is 0 Å². The first-order chi connectivity index (χ1) is 10.2. The molecular formula is C16H24N4O. The van der Waals surface area contributed by atoms with Crippen molar-refractivity contribution in [2.45, 2.75) is 40.0 Å². The second-order valence-electron chi connectivity index (χ2n) is 4.81. The van der Waals surface area contributed by atoms with Gasteiger partial charge in [0.15, 0.2) is 0 Å². The van der Waals surface area contributed by atoms with Gasteiger partial charge in [0.05, 0.1) is 12.5 Å². The maximum atomic E-state index is 12.5. The topological polar surface area (TPSA) is 69.0 Å². The number of pyridine rings is 1. The van der Waals surface area contributed by atoms with E-state index in [-0.39, 0.29) is 5.91 Å². The summed E-state index contributed by atoms with van der Waals surface area (Å²) >= 11 is 0. The van der Waals surface area contributed by atoms with Gasteiger partial charge in [0.1, 0.15) is 5.82 Å². The zero-order valence-corrected chi connectivity index (χ0v) is 13.1. The Kier molecular flexibility index (Phi) is 7.24. The molecule has 21 heavy (non-hydrogen) atoms. The molecule has 1 aromatic rings. The molecule has 0 radical (unpaired) electrons. The number of nitrogens with one attached hydrogen (secondary N) is 1. The van der Waals surface area contributed by atoms with Gasteiger partial charge in [-0.15, -0.1) is 0 Å². The van der Waals surface area contributed by atoms with Crippen molar-refractivity contribution < 1.29 is 4.79 Å². The summed E-state index contributed by atoms with van der Waals surface area (Å²) in [6.45, 7) is 7.93. The second-order valence-corrected chi connectivity index (χ2v) is 4.81. The quantitative estimate of drug-likeness (QED) is 0.798. The van der Waals surface area contributed by atoms with E-state index in [1.807, 2.05) is 19.9 Å². The lowest BCUT2D eigenvalue weighted by molar-refractivity contribution is 0.0767. The summed E-state index contributed by atoms with van der Waals surface area (Å²) in [5.74, 6) is 0.709. The maximum Gasteiger partial charge on any atom is 0.254 e. The summed E-state index contributed by atoms with van der Waals surface area (Å²) in [7, 11) is 0. The first-order valence-electron chi connectivity index (χ1n) is 7.57. The minimum atomic E-state index is -0.0376. The Labute approximate surface area is 127 Å². The van der Waals surface area contributed by atoms with E-state index in [0.29, 0.717) is 25.1 Å². The summed E-state index contributed by atoms with van der Waals surface area (Å²) in [5, 5.41) is 11.9. The molecule has 1 rings (SSSR count). The van der Waals surface area contributed by atoms with E-state index in [2.05, 4.69) is 23.3 Å². The fourth-order valence-electron chi connectivity index (χ4n) is 2.01. The highest BCUT2D eigenvalue weighted by Gasteiger charge is 2.15. The first kappa shape index (κ1) is 17.0. The molecule has 0 fully saturated rings. The molecule has 0 atom stereocenters. The summed E-state index contributed by atoms with van der Waals surface area (Å²) in [6, 6.07) is 5.72. The number of carbonyl (C=O) groups is 1. The molecule has 0 aliphatic carbocycles. The maximum absolute atomic E-state index is 12.5. The number of aromatic nitrogens is 1. The normalized spacial score (nSPS) is 10.0. The van der Waals surface area contributed by atoms with Gasteiger partial charge in [-0.2, -0.15) is 5.26 Å². The van der Waals surface area contributed by atoms with Gasteiger partial charge in [0, 0.05) is 30.9 Å². The van der Waals surface area contributed by atoms with Gasteiger partial charge < -0.3 is 10.2 Å². The van der Waals surface area contributed by atoms with Crippen molar-refractivity contribution in [2.24, 2.45) is 0 Å². The summed E-state index contributed by atoms with van der Waals surface area (Å²) in [5.41, 5.74) is 1.54. The molecular weight excluding hydrogens is 264 g/mol. The molecule has 1 aromatic heterocycles. The predicted octanol–water partition coefficient (Wildman–Crippen LogP) is 2.84. The van der Waals surface area contributed by atoms with Crippen LogP contribution in [0.5, 0.6) is 0 Å². The van der Waals surface area contributed by atoms with Gasteiger partial charge in [0.25, 0.3) is 5.91 Å². The van der Waals surface area contributed by atoms with Crippen LogP contribution in [0.2, 0.25) is 0 Å². The Morgan fingerprint density at radius 2 is 2.14 bits per heavy atom. The predicted molar refractivity (Wildman–Crippen MR) is 84.2 cm³/mol. The van der Waals surface area contributed by atoms with E-state index >= 15 is 0 Å². The number of rotatable bonds is 8. The SMILES string of the molecule is CCCNc1cc(C(=O)N(CC)CCC#N)cc(CC)n1. The van der Waals surface area contributed by atoms with Crippen LogP contribution in [-0.4, -0.2) is 35.4 Å². The Morgan fingerprint density at radius 1 is 1.38 bits per heavy atom. The Balaban J connectivity index is 2.98. The van der Waals surface area contributed by atoms with Crippen LogP contribution in [0.4, 0.5) is 5.82 Å².